The first-order valence-corrected chi connectivity index (χ1v) is 6.19. The van der Waals surface area contributed by atoms with Gasteiger partial charge in [0.05, 0.1) is 0 Å². The predicted molar refractivity (Wildman–Crippen MR) is 72.3 cm³/mol. The van der Waals surface area contributed by atoms with Gasteiger partial charge in [-0.3, -0.25) is 0 Å². The third kappa shape index (κ3) is 2.93. The number of nitrogens with one attached hydrogen (secondary N) is 1. The molecule has 0 aliphatic heterocycles. The molecule has 2 aromatic rings. The van der Waals surface area contributed by atoms with E-state index < -0.39 is 0 Å². The molecule has 0 aliphatic rings. The maximum absolute atomic E-state index is 13.8. The summed E-state index contributed by atoms with van der Waals surface area (Å²) in [6, 6.07) is 13.2. The Morgan fingerprint density at radius 2 is 1.71 bits per heavy atom. The van der Waals surface area contributed by atoms with Gasteiger partial charge in [0.15, 0.2) is 0 Å². The molecule has 0 spiro atoms. The normalized spacial score (nSPS) is 10.5. The number of rotatable bonds is 3. The highest BCUT2D eigenvalue weighted by Gasteiger charge is 2.04. The lowest BCUT2D eigenvalue weighted by Crippen LogP contribution is -2.06. The van der Waals surface area contributed by atoms with Crippen molar-refractivity contribution in [3.05, 3.63) is 58.3 Å². The van der Waals surface area contributed by atoms with Gasteiger partial charge in [-0.25, -0.2) is 4.39 Å². The van der Waals surface area contributed by atoms with Gasteiger partial charge < -0.3 is 5.32 Å². The van der Waals surface area contributed by atoms with Gasteiger partial charge in [0.2, 0.25) is 0 Å². The van der Waals surface area contributed by atoms with E-state index in [9.17, 15) is 4.39 Å². The fraction of sp³-hybridized carbons (Fsp3) is 0.143. The molecule has 1 N–H and O–H groups in total. The van der Waals surface area contributed by atoms with Crippen LogP contribution >= 0.6 is 15.9 Å². The van der Waals surface area contributed by atoms with Crippen LogP contribution in [0.5, 0.6) is 0 Å². The van der Waals surface area contributed by atoms with Gasteiger partial charge >= 0.3 is 0 Å². The van der Waals surface area contributed by atoms with Crippen molar-refractivity contribution in [1.29, 1.82) is 0 Å². The third-order valence-corrected chi connectivity index (χ3v) is 3.13. The molecule has 17 heavy (non-hydrogen) atoms. The van der Waals surface area contributed by atoms with Gasteiger partial charge in [-0.1, -0.05) is 40.2 Å². The van der Waals surface area contributed by atoms with Gasteiger partial charge in [-0.05, 0) is 36.4 Å². The van der Waals surface area contributed by atoms with E-state index in [0.29, 0.717) is 12.1 Å². The van der Waals surface area contributed by atoms with Crippen LogP contribution in [0.15, 0.2) is 46.9 Å². The van der Waals surface area contributed by atoms with Crippen LogP contribution in [-0.2, 0) is 6.54 Å². The van der Waals surface area contributed by atoms with Gasteiger partial charge in [0.1, 0.15) is 5.82 Å². The first kappa shape index (κ1) is 12.3. The lowest BCUT2D eigenvalue weighted by Gasteiger charge is -2.06. The average molecular weight is 294 g/mol. The smallest absolute Gasteiger partial charge is 0.128 e. The molecular weight excluding hydrogens is 281 g/mol. The lowest BCUT2D eigenvalue weighted by molar-refractivity contribution is 0.601. The highest BCUT2D eigenvalue weighted by Crippen LogP contribution is 2.23. The number of hydrogen-bond acceptors (Lipinski definition) is 1. The van der Waals surface area contributed by atoms with E-state index in [2.05, 4.69) is 21.2 Å². The average Bonchev–Trinajstić information content (AvgIpc) is 2.33. The molecule has 88 valence electrons. The van der Waals surface area contributed by atoms with Crippen LogP contribution in [0.4, 0.5) is 4.39 Å². The molecule has 0 atom stereocenters. The minimum atomic E-state index is -0.167. The quantitative estimate of drug-likeness (QED) is 0.903. The summed E-state index contributed by atoms with van der Waals surface area (Å²) in [7, 11) is 1.81. The fourth-order valence-corrected chi connectivity index (χ4v) is 1.97. The summed E-state index contributed by atoms with van der Waals surface area (Å²) in [5.74, 6) is -0.167. The van der Waals surface area contributed by atoms with Crippen molar-refractivity contribution in [2.45, 2.75) is 6.54 Å². The van der Waals surface area contributed by atoms with Crippen LogP contribution in [-0.4, -0.2) is 7.05 Å². The van der Waals surface area contributed by atoms with Crippen LogP contribution < -0.4 is 5.32 Å². The summed E-state index contributed by atoms with van der Waals surface area (Å²) < 4.78 is 14.8. The van der Waals surface area contributed by atoms with Gasteiger partial charge in [-0.2, -0.15) is 0 Å². The molecule has 0 heterocycles. The van der Waals surface area contributed by atoms with Crippen molar-refractivity contribution < 1.29 is 4.39 Å². The first-order valence-electron chi connectivity index (χ1n) is 5.39. The monoisotopic (exact) mass is 293 g/mol. The summed E-state index contributed by atoms with van der Waals surface area (Å²) in [4.78, 5) is 0. The molecule has 0 bridgehead atoms. The van der Waals surface area contributed by atoms with E-state index in [0.717, 1.165) is 15.6 Å². The topological polar surface area (TPSA) is 12.0 Å². The van der Waals surface area contributed by atoms with Crippen LogP contribution in [0.25, 0.3) is 11.1 Å². The Labute approximate surface area is 109 Å². The zero-order valence-corrected chi connectivity index (χ0v) is 11.1. The number of hydrogen-bond donors (Lipinski definition) is 1. The molecular formula is C14H13BrFN. The highest BCUT2D eigenvalue weighted by atomic mass is 79.9. The predicted octanol–water partition coefficient (Wildman–Crippen LogP) is 3.97. The molecule has 0 saturated heterocycles. The van der Waals surface area contributed by atoms with Crippen molar-refractivity contribution in [3.63, 3.8) is 0 Å². The molecule has 0 saturated carbocycles. The van der Waals surface area contributed by atoms with Crippen LogP contribution in [0.3, 0.4) is 0 Å². The molecule has 3 heteroatoms. The summed E-state index contributed by atoms with van der Waals surface area (Å²) in [6.45, 7) is 0.548. The molecule has 2 rings (SSSR count). The third-order valence-electron chi connectivity index (χ3n) is 2.60. The van der Waals surface area contributed by atoms with E-state index in [1.165, 1.54) is 0 Å². The van der Waals surface area contributed by atoms with E-state index in [4.69, 9.17) is 0 Å². The van der Waals surface area contributed by atoms with Gasteiger partial charge in [0, 0.05) is 16.6 Å². The fourth-order valence-electron chi connectivity index (χ4n) is 1.70. The Hall–Kier alpha value is -1.19. The molecule has 2 aromatic carbocycles. The van der Waals surface area contributed by atoms with Crippen LogP contribution in [0, 0.1) is 5.82 Å². The van der Waals surface area contributed by atoms with Crippen molar-refractivity contribution in [2.24, 2.45) is 0 Å². The summed E-state index contributed by atoms with van der Waals surface area (Å²) in [5.41, 5.74) is 2.60. The van der Waals surface area contributed by atoms with E-state index in [-0.39, 0.29) is 5.82 Å². The Morgan fingerprint density at radius 3 is 2.29 bits per heavy atom. The molecule has 0 radical (unpaired) electrons. The largest absolute Gasteiger partial charge is 0.316 e. The van der Waals surface area contributed by atoms with Crippen molar-refractivity contribution in [3.8, 4) is 11.1 Å². The number of benzene rings is 2. The van der Waals surface area contributed by atoms with Crippen LogP contribution in [0.1, 0.15) is 5.56 Å². The van der Waals surface area contributed by atoms with Gasteiger partial charge in [0.25, 0.3) is 0 Å². The highest BCUT2D eigenvalue weighted by molar-refractivity contribution is 9.10. The Morgan fingerprint density at radius 1 is 1.06 bits per heavy atom. The van der Waals surface area contributed by atoms with Crippen LogP contribution in [0.2, 0.25) is 0 Å². The minimum Gasteiger partial charge on any atom is -0.316 e. The molecule has 0 amide bonds. The number of halogens is 2. The maximum atomic E-state index is 13.8. The second-order valence-electron chi connectivity index (χ2n) is 3.84. The van der Waals surface area contributed by atoms with Crippen molar-refractivity contribution in [1.82, 2.24) is 5.32 Å². The van der Waals surface area contributed by atoms with E-state index in [1.807, 2.05) is 43.4 Å². The maximum Gasteiger partial charge on any atom is 0.128 e. The van der Waals surface area contributed by atoms with Gasteiger partial charge in [-0.15, -0.1) is 0 Å². The Bertz CT molecular complexity index is 508. The summed E-state index contributed by atoms with van der Waals surface area (Å²) in [5, 5.41) is 2.95. The standard InChI is InChI=1S/C14H13BrFN/c1-17-9-12-3-2-11(8-14(12)16)10-4-6-13(15)7-5-10/h2-8,17H,9H2,1H3. The van der Waals surface area contributed by atoms with E-state index in [1.54, 1.807) is 6.07 Å². The molecule has 1 nitrogen and oxygen atoms in total. The molecule has 0 aliphatic carbocycles. The summed E-state index contributed by atoms with van der Waals surface area (Å²) >= 11 is 3.38. The molecule has 0 unspecified atom stereocenters. The zero-order valence-electron chi connectivity index (χ0n) is 9.50. The Kier molecular flexibility index (Phi) is 3.92. The minimum absolute atomic E-state index is 0.167. The SMILES string of the molecule is CNCc1ccc(-c2ccc(Br)cc2)cc1F. The van der Waals surface area contributed by atoms with Crippen molar-refractivity contribution >= 4 is 15.9 Å². The first-order chi connectivity index (χ1) is 8.20. The van der Waals surface area contributed by atoms with E-state index >= 15 is 0 Å². The molecule has 0 fully saturated rings. The lowest BCUT2D eigenvalue weighted by atomic mass is 10.0. The zero-order chi connectivity index (χ0) is 12.3. The van der Waals surface area contributed by atoms with Crippen molar-refractivity contribution in [2.75, 3.05) is 7.05 Å². The second-order valence-corrected chi connectivity index (χ2v) is 4.76. The Balaban J connectivity index is 2.34. The second kappa shape index (κ2) is 5.43. The molecule has 0 aromatic heterocycles. The summed E-state index contributed by atoms with van der Waals surface area (Å²) in [6.07, 6.45) is 0.